The Kier molecular flexibility index (Phi) is 4.65. The maximum Gasteiger partial charge on any atom is 0.228 e. The third-order valence-corrected chi connectivity index (χ3v) is 5.42. The Morgan fingerprint density at radius 2 is 2.15 bits per heavy atom. The van der Waals surface area contributed by atoms with Gasteiger partial charge in [0.1, 0.15) is 10.8 Å². The van der Waals surface area contributed by atoms with Gasteiger partial charge in [-0.25, -0.2) is 9.83 Å². The Morgan fingerprint density at radius 3 is 2.93 bits per heavy atom. The molecule has 0 aliphatic heterocycles. The summed E-state index contributed by atoms with van der Waals surface area (Å²) in [5, 5.41) is 0.891. The van der Waals surface area contributed by atoms with E-state index in [1.807, 2.05) is 32.0 Å². The lowest BCUT2D eigenvalue weighted by molar-refractivity contribution is 0.244. The van der Waals surface area contributed by atoms with Crippen molar-refractivity contribution >= 4 is 17.2 Å². The third kappa shape index (κ3) is 3.32. The van der Waals surface area contributed by atoms with Crippen LogP contribution in [0.2, 0.25) is 0 Å². The fourth-order valence-electron chi connectivity index (χ4n) is 3.43. The van der Waals surface area contributed by atoms with Gasteiger partial charge in [-0.1, -0.05) is 24.3 Å². The van der Waals surface area contributed by atoms with Crippen molar-refractivity contribution in [3.8, 4) is 27.7 Å². The molecular weight excluding hydrogens is 356 g/mol. The highest BCUT2D eigenvalue weighted by molar-refractivity contribution is 7.09. The molecule has 1 aliphatic rings. The SMILES string of the molecule is [C-]#[N+]c1cc(-c2nsc(-c3cccc4c3CC[C@@H]4N)n2)ccc1OC(C)C. The van der Waals surface area contributed by atoms with Gasteiger partial charge in [-0.15, -0.1) is 0 Å². The second-order valence-electron chi connectivity index (χ2n) is 6.90. The lowest BCUT2D eigenvalue weighted by atomic mass is 10.0. The summed E-state index contributed by atoms with van der Waals surface area (Å²) in [6, 6.07) is 11.9. The van der Waals surface area contributed by atoms with E-state index in [9.17, 15) is 0 Å². The van der Waals surface area contributed by atoms with Crippen LogP contribution in [0, 0.1) is 6.57 Å². The standard InChI is InChI=1S/C21H20N4OS/c1-12(2)26-19-10-7-13(11-18(19)23-3)20-24-21(27-25-20)16-6-4-5-15-14(16)8-9-17(15)22/h4-7,10-12,17H,8-9,22H2,1-2H3/t17-/m0/s1. The summed E-state index contributed by atoms with van der Waals surface area (Å²) in [6.45, 7) is 11.3. The number of nitrogens with two attached hydrogens (primary N) is 1. The first kappa shape index (κ1) is 17.7. The van der Waals surface area contributed by atoms with E-state index < -0.39 is 0 Å². The van der Waals surface area contributed by atoms with Gasteiger partial charge >= 0.3 is 0 Å². The molecule has 5 nitrogen and oxygen atoms in total. The zero-order chi connectivity index (χ0) is 19.0. The zero-order valence-corrected chi connectivity index (χ0v) is 16.1. The van der Waals surface area contributed by atoms with Gasteiger partial charge in [-0.05, 0) is 61.5 Å². The Morgan fingerprint density at radius 1 is 1.30 bits per heavy atom. The first-order valence-corrected chi connectivity index (χ1v) is 9.74. The van der Waals surface area contributed by atoms with Gasteiger partial charge in [0.25, 0.3) is 0 Å². The second kappa shape index (κ2) is 7.10. The van der Waals surface area contributed by atoms with Gasteiger partial charge in [-0.3, -0.25) is 0 Å². The molecule has 27 heavy (non-hydrogen) atoms. The molecule has 2 aromatic carbocycles. The van der Waals surface area contributed by atoms with Crippen LogP contribution >= 0.6 is 11.5 Å². The number of ether oxygens (including phenoxy) is 1. The molecule has 3 aromatic rings. The van der Waals surface area contributed by atoms with Crippen LogP contribution in [0.1, 0.15) is 37.4 Å². The van der Waals surface area contributed by atoms with Gasteiger partial charge in [0.15, 0.2) is 5.82 Å². The highest BCUT2D eigenvalue weighted by Crippen LogP contribution is 2.38. The van der Waals surface area contributed by atoms with Gasteiger partial charge in [0, 0.05) is 17.2 Å². The molecule has 4 rings (SSSR count). The van der Waals surface area contributed by atoms with Crippen LogP contribution in [-0.2, 0) is 6.42 Å². The molecule has 136 valence electrons. The normalized spacial score (nSPS) is 15.6. The van der Waals surface area contributed by atoms with Crippen molar-refractivity contribution < 1.29 is 4.74 Å². The van der Waals surface area contributed by atoms with E-state index in [1.165, 1.54) is 22.7 Å². The quantitative estimate of drug-likeness (QED) is 0.639. The fourth-order valence-corrected chi connectivity index (χ4v) is 4.17. The van der Waals surface area contributed by atoms with E-state index in [-0.39, 0.29) is 12.1 Å². The van der Waals surface area contributed by atoms with Crippen molar-refractivity contribution in [1.82, 2.24) is 9.36 Å². The summed E-state index contributed by atoms with van der Waals surface area (Å²) in [6.07, 6.45) is 1.97. The van der Waals surface area contributed by atoms with E-state index in [2.05, 4.69) is 21.4 Å². The summed E-state index contributed by atoms with van der Waals surface area (Å²) >= 11 is 1.38. The molecular formula is C21H20N4OS. The number of rotatable bonds is 4. The average molecular weight is 376 g/mol. The van der Waals surface area contributed by atoms with Crippen LogP contribution in [0.3, 0.4) is 0 Å². The van der Waals surface area contributed by atoms with E-state index in [0.717, 1.165) is 29.0 Å². The van der Waals surface area contributed by atoms with Gasteiger partial charge < -0.3 is 10.5 Å². The third-order valence-electron chi connectivity index (χ3n) is 4.67. The molecule has 0 saturated heterocycles. The molecule has 0 saturated carbocycles. The molecule has 1 aliphatic carbocycles. The highest BCUT2D eigenvalue weighted by Gasteiger charge is 2.23. The van der Waals surface area contributed by atoms with Crippen molar-refractivity contribution in [2.75, 3.05) is 0 Å². The predicted octanol–water partition coefficient (Wildman–Crippen LogP) is 5.16. The van der Waals surface area contributed by atoms with Crippen LogP contribution < -0.4 is 10.5 Å². The molecule has 0 bridgehead atoms. The summed E-state index contributed by atoms with van der Waals surface area (Å²) in [4.78, 5) is 8.33. The van der Waals surface area contributed by atoms with Crippen molar-refractivity contribution in [3.63, 3.8) is 0 Å². The van der Waals surface area contributed by atoms with E-state index in [4.69, 9.17) is 22.0 Å². The first-order valence-electron chi connectivity index (χ1n) is 8.97. The minimum absolute atomic E-state index is 0.0203. The monoisotopic (exact) mass is 376 g/mol. The van der Waals surface area contributed by atoms with Gasteiger partial charge in [0.2, 0.25) is 5.69 Å². The summed E-state index contributed by atoms with van der Waals surface area (Å²) < 4.78 is 10.2. The van der Waals surface area contributed by atoms with Crippen LogP contribution in [0.15, 0.2) is 36.4 Å². The number of aromatic nitrogens is 2. The van der Waals surface area contributed by atoms with Crippen molar-refractivity contribution in [2.24, 2.45) is 5.73 Å². The average Bonchev–Trinajstić information content (AvgIpc) is 3.29. The molecule has 2 N–H and O–H groups in total. The zero-order valence-electron chi connectivity index (χ0n) is 15.3. The minimum atomic E-state index is 0.0203. The predicted molar refractivity (Wildman–Crippen MR) is 108 cm³/mol. The molecule has 0 radical (unpaired) electrons. The molecule has 1 aromatic heterocycles. The first-order chi connectivity index (χ1) is 13.1. The lowest BCUT2D eigenvalue weighted by Crippen LogP contribution is -2.05. The Bertz CT molecular complexity index is 1030. The number of hydrogen-bond acceptors (Lipinski definition) is 5. The topological polar surface area (TPSA) is 65.4 Å². The van der Waals surface area contributed by atoms with Crippen LogP contribution in [0.5, 0.6) is 5.75 Å². The second-order valence-corrected chi connectivity index (χ2v) is 7.65. The summed E-state index contributed by atoms with van der Waals surface area (Å²) in [7, 11) is 0. The minimum Gasteiger partial charge on any atom is -0.502 e. The Hall–Kier alpha value is -2.75. The molecule has 0 fully saturated rings. The molecule has 6 heteroatoms. The summed E-state index contributed by atoms with van der Waals surface area (Å²) in [5.41, 5.74) is 11.1. The van der Waals surface area contributed by atoms with Crippen molar-refractivity contribution in [3.05, 3.63) is 58.9 Å². The lowest BCUT2D eigenvalue weighted by Gasteiger charge is -2.11. The number of hydrogen-bond donors (Lipinski definition) is 1. The van der Waals surface area contributed by atoms with E-state index in [0.29, 0.717) is 17.3 Å². The van der Waals surface area contributed by atoms with Gasteiger partial charge in [-0.2, -0.15) is 4.37 Å². The molecule has 0 spiro atoms. The van der Waals surface area contributed by atoms with Crippen LogP contribution in [0.4, 0.5) is 5.69 Å². The highest BCUT2D eigenvalue weighted by atomic mass is 32.1. The Balaban J connectivity index is 1.69. The smallest absolute Gasteiger partial charge is 0.228 e. The maximum atomic E-state index is 7.43. The fraction of sp³-hybridized carbons (Fsp3) is 0.286. The van der Waals surface area contributed by atoms with Gasteiger partial charge in [0.05, 0.1) is 12.7 Å². The van der Waals surface area contributed by atoms with Crippen molar-refractivity contribution in [2.45, 2.75) is 38.8 Å². The molecule has 0 unspecified atom stereocenters. The van der Waals surface area contributed by atoms with E-state index >= 15 is 0 Å². The molecule has 1 atom stereocenters. The summed E-state index contributed by atoms with van der Waals surface area (Å²) in [5.74, 6) is 1.23. The number of nitrogens with zero attached hydrogens (tertiary/aromatic N) is 3. The van der Waals surface area contributed by atoms with Crippen LogP contribution in [-0.4, -0.2) is 15.5 Å². The molecule has 0 amide bonds. The number of benzene rings is 2. The van der Waals surface area contributed by atoms with E-state index in [1.54, 1.807) is 6.07 Å². The maximum absolute atomic E-state index is 7.43. The molecule has 1 heterocycles. The largest absolute Gasteiger partial charge is 0.502 e. The van der Waals surface area contributed by atoms with Crippen molar-refractivity contribution in [1.29, 1.82) is 0 Å². The van der Waals surface area contributed by atoms with Crippen LogP contribution in [0.25, 0.3) is 26.8 Å². The number of fused-ring (bicyclic) bond motifs is 1. The Labute approximate surface area is 162 Å².